The second kappa shape index (κ2) is 13.4. The fourth-order valence-corrected chi connectivity index (χ4v) is 7.46. The Kier molecular flexibility index (Phi) is 10.1. The first-order valence-electron chi connectivity index (χ1n) is 14.0. The molecule has 42 heavy (non-hydrogen) atoms. The van der Waals surface area contributed by atoms with Crippen LogP contribution in [0.4, 0.5) is 14.5 Å². The number of thiazole rings is 1. The number of benzene rings is 2. The molecular weight excluding hydrogens is 586 g/mol. The van der Waals surface area contributed by atoms with E-state index in [1.807, 2.05) is 13.0 Å². The molecule has 1 fully saturated rings. The number of rotatable bonds is 12. The topological polar surface area (TPSA) is 115 Å². The SMILES string of the molecule is CCCCOc1c(F)c(-c2nc(S(=O)(=O)Nc3cc(F)c(C(=O)O)cc3OC)cs2)ccc1[C@H]1CC[C@H](C(C)C)CC1. The van der Waals surface area contributed by atoms with Gasteiger partial charge in [-0.1, -0.05) is 33.3 Å². The number of carboxylic acids is 1. The molecule has 3 aromatic rings. The first-order chi connectivity index (χ1) is 20.0. The van der Waals surface area contributed by atoms with Crippen LogP contribution < -0.4 is 14.2 Å². The summed E-state index contributed by atoms with van der Waals surface area (Å²) in [4.78, 5) is 15.4. The molecule has 4 rings (SSSR count). The highest BCUT2D eigenvalue weighted by molar-refractivity contribution is 7.92. The molecule has 228 valence electrons. The van der Waals surface area contributed by atoms with Gasteiger partial charge in [-0.05, 0) is 62.0 Å². The van der Waals surface area contributed by atoms with Crippen LogP contribution in [0.3, 0.4) is 0 Å². The zero-order valence-corrected chi connectivity index (χ0v) is 25.7. The van der Waals surface area contributed by atoms with Crippen LogP contribution in [0.25, 0.3) is 10.6 Å². The van der Waals surface area contributed by atoms with Crippen LogP contribution in [0.2, 0.25) is 0 Å². The van der Waals surface area contributed by atoms with Gasteiger partial charge < -0.3 is 14.6 Å². The zero-order valence-electron chi connectivity index (χ0n) is 24.1. The summed E-state index contributed by atoms with van der Waals surface area (Å²) in [5, 5.41) is 10.1. The van der Waals surface area contributed by atoms with Crippen LogP contribution in [0.1, 0.15) is 81.1 Å². The number of aromatic carboxylic acids is 1. The van der Waals surface area contributed by atoms with Crippen molar-refractivity contribution in [2.45, 2.75) is 70.2 Å². The number of nitrogens with one attached hydrogen (secondary N) is 1. The van der Waals surface area contributed by atoms with Crippen molar-refractivity contribution in [2.24, 2.45) is 11.8 Å². The van der Waals surface area contributed by atoms with E-state index in [1.54, 1.807) is 6.07 Å². The summed E-state index contributed by atoms with van der Waals surface area (Å²) < 4.78 is 69.9. The van der Waals surface area contributed by atoms with E-state index in [1.165, 1.54) is 12.5 Å². The number of aromatic nitrogens is 1. The first kappa shape index (κ1) is 31.7. The number of nitrogens with zero attached hydrogens (tertiary/aromatic N) is 1. The summed E-state index contributed by atoms with van der Waals surface area (Å²) in [6.07, 6.45) is 5.72. The van der Waals surface area contributed by atoms with E-state index in [4.69, 9.17) is 14.6 Å². The van der Waals surface area contributed by atoms with E-state index >= 15 is 4.39 Å². The van der Waals surface area contributed by atoms with Gasteiger partial charge in [0, 0.05) is 17.0 Å². The number of unbranched alkanes of at least 4 members (excludes halogenated alkanes) is 1. The number of anilines is 1. The van der Waals surface area contributed by atoms with Crippen LogP contribution in [-0.2, 0) is 10.0 Å². The van der Waals surface area contributed by atoms with E-state index in [2.05, 4.69) is 23.6 Å². The minimum absolute atomic E-state index is 0.127. The highest BCUT2D eigenvalue weighted by atomic mass is 32.2. The van der Waals surface area contributed by atoms with Crippen LogP contribution in [-0.4, -0.2) is 38.2 Å². The summed E-state index contributed by atoms with van der Waals surface area (Å²) >= 11 is 0.947. The number of methoxy groups -OCH3 is 1. The van der Waals surface area contributed by atoms with Crippen molar-refractivity contribution in [1.82, 2.24) is 4.98 Å². The fourth-order valence-electron chi connectivity index (χ4n) is 5.29. The number of halogens is 2. The Morgan fingerprint density at radius 1 is 1.19 bits per heavy atom. The maximum atomic E-state index is 16.1. The standard InChI is InChI=1S/C30H36F2N2O6S2/c1-5-6-13-40-28-20(19-9-7-18(8-10-19)17(2)3)11-12-21(27(28)32)29-33-26(16-41-29)42(37,38)34-24-15-23(31)22(30(35)36)14-25(24)39-4/h11-12,14-19,34H,5-10,13H2,1-4H3,(H,35,36)/t18-,19-. The molecule has 2 N–H and O–H groups in total. The first-order valence-corrected chi connectivity index (χ1v) is 16.4. The molecule has 0 radical (unpaired) electrons. The highest BCUT2D eigenvalue weighted by Crippen LogP contribution is 2.44. The average Bonchev–Trinajstić information content (AvgIpc) is 3.45. The van der Waals surface area contributed by atoms with Crippen molar-refractivity contribution in [3.63, 3.8) is 0 Å². The summed E-state index contributed by atoms with van der Waals surface area (Å²) in [5.74, 6) is -1.79. The Labute approximate surface area is 249 Å². The molecule has 2 aromatic carbocycles. The van der Waals surface area contributed by atoms with Gasteiger partial charge in [-0.15, -0.1) is 11.3 Å². The normalized spacial score (nSPS) is 17.3. The number of carbonyl (C=O) groups is 1. The van der Waals surface area contributed by atoms with Gasteiger partial charge in [0.15, 0.2) is 16.6 Å². The highest BCUT2D eigenvalue weighted by Gasteiger charge is 2.30. The molecule has 1 aliphatic rings. The van der Waals surface area contributed by atoms with E-state index in [-0.39, 0.29) is 33.7 Å². The van der Waals surface area contributed by atoms with Crippen LogP contribution in [0, 0.1) is 23.5 Å². The number of hydrogen-bond acceptors (Lipinski definition) is 7. The van der Waals surface area contributed by atoms with Crippen molar-refractivity contribution in [1.29, 1.82) is 0 Å². The molecule has 1 saturated carbocycles. The monoisotopic (exact) mass is 622 g/mol. The Morgan fingerprint density at radius 3 is 2.52 bits per heavy atom. The molecule has 1 aliphatic carbocycles. The third-order valence-corrected chi connectivity index (χ3v) is 10.1. The lowest BCUT2D eigenvalue weighted by Crippen LogP contribution is -2.18. The van der Waals surface area contributed by atoms with Gasteiger partial charge in [0.25, 0.3) is 10.0 Å². The van der Waals surface area contributed by atoms with Crippen LogP contribution in [0.15, 0.2) is 34.7 Å². The predicted molar refractivity (Wildman–Crippen MR) is 158 cm³/mol. The molecule has 0 saturated heterocycles. The fraction of sp³-hybridized carbons (Fsp3) is 0.467. The van der Waals surface area contributed by atoms with Crippen molar-refractivity contribution < 1.29 is 36.6 Å². The summed E-state index contributed by atoms with van der Waals surface area (Å²) in [6.45, 7) is 6.87. The van der Waals surface area contributed by atoms with Gasteiger partial charge in [0.1, 0.15) is 16.6 Å². The molecule has 0 unspecified atom stereocenters. The van der Waals surface area contributed by atoms with Crippen molar-refractivity contribution >= 4 is 33.0 Å². The lowest BCUT2D eigenvalue weighted by molar-refractivity contribution is 0.0691. The van der Waals surface area contributed by atoms with Gasteiger partial charge in [-0.2, -0.15) is 8.42 Å². The van der Waals surface area contributed by atoms with E-state index in [0.29, 0.717) is 18.4 Å². The number of hydrogen-bond donors (Lipinski definition) is 2. The van der Waals surface area contributed by atoms with Crippen LogP contribution >= 0.6 is 11.3 Å². The number of sulfonamides is 1. The molecule has 0 atom stereocenters. The quantitative estimate of drug-likeness (QED) is 0.199. The minimum atomic E-state index is -4.36. The molecule has 0 aliphatic heterocycles. The van der Waals surface area contributed by atoms with Crippen LogP contribution in [0.5, 0.6) is 11.5 Å². The third kappa shape index (κ3) is 6.86. The molecule has 8 nitrogen and oxygen atoms in total. The largest absolute Gasteiger partial charge is 0.495 e. The van der Waals surface area contributed by atoms with Crippen molar-refractivity contribution in [3.05, 3.63) is 52.4 Å². The van der Waals surface area contributed by atoms with Crippen molar-refractivity contribution in [2.75, 3.05) is 18.4 Å². The molecule has 0 amide bonds. The summed E-state index contributed by atoms with van der Waals surface area (Å²) in [7, 11) is -3.16. The van der Waals surface area contributed by atoms with Gasteiger partial charge in [-0.25, -0.2) is 18.6 Å². The Balaban J connectivity index is 1.64. The van der Waals surface area contributed by atoms with Gasteiger partial charge in [0.05, 0.1) is 30.5 Å². The van der Waals surface area contributed by atoms with Gasteiger partial charge in [-0.3, -0.25) is 4.72 Å². The summed E-state index contributed by atoms with van der Waals surface area (Å²) in [6, 6.07) is 5.09. The van der Waals surface area contributed by atoms with E-state index < -0.39 is 38.2 Å². The molecule has 1 heterocycles. The molecule has 0 bridgehead atoms. The predicted octanol–water partition coefficient (Wildman–Crippen LogP) is 7.70. The lowest BCUT2D eigenvalue weighted by Gasteiger charge is -2.32. The summed E-state index contributed by atoms with van der Waals surface area (Å²) in [5.41, 5.74) is -0.0139. The van der Waals surface area contributed by atoms with Gasteiger partial charge in [0.2, 0.25) is 0 Å². The zero-order chi connectivity index (χ0) is 30.6. The number of ether oxygens (including phenoxy) is 2. The molecule has 1 aromatic heterocycles. The van der Waals surface area contributed by atoms with Gasteiger partial charge >= 0.3 is 5.97 Å². The minimum Gasteiger partial charge on any atom is -0.495 e. The Bertz CT molecular complexity index is 1530. The smallest absolute Gasteiger partial charge is 0.338 e. The Morgan fingerprint density at radius 2 is 1.90 bits per heavy atom. The van der Waals surface area contributed by atoms with E-state index in [9.17, 15) is 17.6 Å². The lowest BCUT2D eigenvalue weighted by atomic mass is 9.74. The molecule has 0 spiro atoms. The maximum Gasteiger partial charge on any atom is 0.338 e. The average molecular weight is 623 g/mol. The second-order valence-corrected chi connectivity index (χ2v) is 13.3. The Hall–Kier alpha value is -3.25. The van der Waals surface area contributed by atoms with Crippen molar-refractivity contribution in [3.8, 4) is 22.1 Å². The van der Waals surface area contributed by atoms with E-state index in [0.717, 1.165) is 67.6 Å². The third-order valence-electron chi connectivity index (χ3n) is 7.78. The molecular formula is C30H36F2N2O6S2. The second-order valence-electron chi connectivity index (χ2n) is 10.8. The number of carboxylic acid groups (broad SMARTS) is 1. The maximum absolute atomic E-state index is 16.1. The molecule has 12 heteroatoms.